The monoisotopic (exact) mass is 185 g/mol. The molecule has 2 N–H and O–H groups in total. The molecule has 0 aliphatic heterocycles. The highest BCUT2D eigenvalue weighted by Gasteiger charge is 2.07. The molecule has 0 aliphatic rings. The summed E-state index contributed by atoms with van der Waals surface area (Å²) in [7, 11) is 0. The van der Waals surface area contributed by atoms with E-state index in [2.05, 4.69) is 10.2 Å². The highest BCUT2D eigenvalue weighted by Crippen LogP contribution is 2.08. The first-order chi connectivity index (χ1) is 6.27. The van der Waals surface area contributed by atoms with Gasteiger partial charge < -0.3 is 5.11 Å². The Bertz CT molecular complexity index is 292. The number of nitrogens with zero attached hydrogens (tertiary/aromatic N) is 2. The zero-order chi connectivity index (χ0) is 9.68. The van der Waals surface area contributed by atoms with E-state index in [9.17, 15) is 4.79 Å². The Hall–Kier alpha value is -1.10. The van der Waals surface area contributed by atoms with Crippen molar-refractivity contribution in [3.8, 4) is 0 Å². The van der Waals surface area contributed by atoms with E-state index < -0.39 is 0 Å². The van der Waals surface area contributed by atoms with Crippen LogP contribution in [0.25, 0.3) is 0 Å². The molecular formula is C8H15N3O2. The van der Waals surface area contributed by atoms with Crippen LogP contribution < -0.4 is 5.69 Å². The van der Waals surface area contributed by atoms with Crippen molar-refractivity contribution in [2.75, 3.05) is 6.61 Å². The predicted molar refractivity (Wildman–Crippen MR) is 48.3 cm³/mol. The molecule has 0 aliphatic carbocycles. The van der Waals surface area contributed by atoms with Crippen LogP contribution in [0.1, 0.15) is 19.8 Å². The van der Waals surface area contributed by atoms with E-state index in [1.54, 1.807) is 0 Å². The van der Waals surface area contributed by atoms with Gasteiger partial charge in [-0.3, -0.25) is 4.57 Å². The number of rotatable bonds is 5. The minimum Gasteiger partial charge on any atom is -0.396 e. The number of aliphatic hydroxyl groups is 1. The Morgan fingerprint density at radius 1 is 1.77 bits per heavy atom. The number of hydrogen-bond donors (Lipinski definition) is 2. The van der Waals surface area contributed by atoms with Crippen molar-refractivity contribution in [2.24, 2.45) is 5.92 Å². The van der Waals surface area contributed by atoms with Gasteiger partial charge in [0.2, 0.25) is 0 Å². The SMILES string of the molecule is CCC(CCO)Cn1cn[nH]c1=O. The summed E-state index contributed by atoms with van der Waals surface area (Å²) in [6, 6.07) is 0. The molecule has 13 heavy (non-hydrogen) atoms. The molecule has 0 aromatic carbocycles. The van der Waals surface area contributed by atoms with Crippen LogP contribution in [0.2, 0.25) is 0 Å². The fourth-order valence-electron chi connectivity index (χ4n) is 1.29. The van der Waals surface area contributed by atoms with Crippen LogP contribution in [0.5, 0.6) is 0 Å². The molecule has 0 amide bonds. The van der Waals surface area contributed by atoms with Gasteiger partial charge in [0.1, 0.15) is 6.33 Å². The van der Waals surface area contributed by atoms with Gasteiger partial charge in [0.05, 0.1) is 0 Å². The summed E-state index contributed by atoms with van der Waals surface area (Å²) in [5.74, 6) is 0.347. The molecule has 0 saturated heterocycles. The van der Waals surface area contributed by atoms with Gasteiger partial charge >= 0.3 is 5.69 Å². The quantitative estimate of drug-likeness (QED) is 0.677. The van der Waals surface area contributed by atoms with Crippen LogP contribution >= 0.6 is 0 Å². The van der Waals surface area contributed by atoms with Crippen molar-refractivity contribution >= 4 is 0 Å². The van der Waals surface area contributed by atoms with Crippen LogP contribution in [-0.4, -0.2) is 26.5 Å². The van der Waals surface area contributed by atoms with Gasteiger partial charge in [-0.2, -0.15) is 5.10 Å². The smallest absolute Gasteiger partial charge is 0.343 e. The molecule has 0 radical (unpaired) electrons. The van der Waals surface area contributed by atoms with Crippen LogP contribution in [0, 0.1) is 5.92 Å². The maximum atomic E-state index is 11.1. The lowest BCUT2D eigenvalue weighted by atomic mass is 10.0. The maximum Gasteiger partial charge on any atom is 0.343 e. The zero-order valence-electron chi connectivity index (χ0n) is 7.73. The van der Waals surface area contributed by atoms with Gasteiger partial charge in [-0.05, 0) is 12.3 Å². The lowest BCUT2D eigenvalue weighted by molar-refractivity contribution is 0.243. The van der Waals surface area contributed by atoms with Gasteiger partial charge in [-0.25, -0.2) is 9.89 Å². The van der Waals surface area contributed by atoms with E-state index in [0.29, 0.717) is 12.5 Å². The van der Waals surface area contributed by atoms with Crippen molar-refractivity contribution in [3.05, 3.63) is 16.8 Å². The largest absolute Gasteiger partial charge is 0.396 e. The topological polar surface area (TPSA) is 70.9 Å². The molecule has 0 spiro atoms. The molecule has 1 aromatic rings. The summed E-state index contributed by atoms with van der Waals surface area (Å²) in [5, 5.41) is 14.7. The second-order valence-electron chi connectivity index (χ2n) is 3.10. The second-order valence-corrected chi connectivity index (χ2v) is 3.10. The summed E-state index contributed by atoms with van der Waals surface area (Å²) >= 11 is 0. The molecule has 1 atom stereocenters. The Labute approximate surface area is 76.4 Å². The molecule has 0 bridgehead atoms. The molecule has 74 valence electrons. The van der Waals surface area contributed by atoms with Crippen LogP contribution in [0.15, 0.2) is 11.1 Å². The average Bonchev–Trinajstić information content (AvgIpc) is 2.51. The van der Waals surface area contributed by atoms with E-state index in [0.717, 1.165) is 12.8 Å². The molecule has 1 heterocycles. The molecular weight excluding hydrogens is 170 g/mol. The number of aliphatic hydroxyl groups excluding tert-OH is 1. The molecule has 1 aromatic heterocycles. The minimum absolute atomic E-state index is 0.172. The van der Waals surface area contributed by atoms with Crippen molar-refractivity contribution in [1.82, 2.24) is 14.8 Å². The normalized spacial score (nSPS) is 13.1. The Morgan fingerprint density at radius 2 is 2.54 bits per heavy atom. The van der Waals surface area contributed by atoms with E-state index in [1.807, 2.05) is 6.92 Å². The summed E-state index contributed by atoms with van der Waals surface area (Å²) in [4.78, 5) is 11.1. The van der Waals surface area contributed by atoms with E-state index in [1.165, 1.54) is 10.9 Å². The molecule has 0 saturated carbocycles. The Kier molecular flexibility index (Phi) is 3.70. The van der Waals surface area contributed by atoms with Crippen molar-refractivity contribution in [1.29, 1.82) is 0 Å². The molecule has 5 nitrogen and oxygen atoms in total. The molecule has 5 heteroatoms. The van der Waals surface area contributed by atoms with E-state index >= 15 is 0 Å². The first-order valence-electron chi connectivity index (χ1n) is 4.48. The van der Waals surface area contributed by atoms with Gasteiger partial charge in [-0.15, -0.1) is 0 Å². The highest BCUT2D eigenvalue weighted by atomic mass is 16.3. The summed E-state index contributed by atoms with van der Waals surface area (Å²) in [5.41, 5.74) is -0.184. The highest BCUT2D eigenvalue weighted by molar-refractivity contribution is 4.66. The Morgan fingerprint density at radius 3 is 3.00 bits per heavy atom. The van der Waals surface area contributed by atoms with Gasteiger partial charge in [0.15, 0.2) is 0 Å². The maximum absolute atomic E-state index is 11.1. The van der Waals surface area contributed by atoms with Crippen molar-refractivity contribution in [2.45, 2.75) is 26.3 Å². The number of aromatic nitrogens is 3. The van der Waals surface area contributed by atoms with Crippen LogP contribution in [0.3, 0.4) is 0 Å². The molecule has 0 fully saturated rings. The molecule has 1 rings (SSSR count). The van der Waals surface area contributed by atoms with Gasteiger partial charge in [-0.1, -0.05) is 13.3 Å². The second kappa shape index (κ2) is 4.81. The number of H-pyrrole nitrogens is 1. The van der Waals surface area contributed by atoms with Crippen molar-refractivity contribution < 1.29 is 5.11 Å². The average molecular weight is 185 g/mol. The summed E-state index contributed by atoms with van der Waals surface area (Å²) < 4.78 is 1.53. The Balaban J connectivity index is 2.56. The fraction of sp³-hybridized carbons (Fsp3) is 0.750. The lowest BCUT2D eigenvalue weighted by Gasteiger charge is -2.12. The van der Waals surface area contributed by atoms with Gasteiger partial charge in [0, 0.05) is 13.2 Å². The van der Waals surface area contributed by atoms with Gasteiger partial charge in [0.25, 0.3) is 0 Å². The number of aromatic amines is 1. The third kappa shape index (κ3) is 2.69. The van der Waals surface area contributed by atoms with E-state index in [4.69, 9.17) is 5.11 Å². The zero-order valence-corrected chi connectivity index (χ0v) is 7.73. The standard InChI is InChI=1S/C8H15N3O2/c1-2-7(3-4-12)5-11-6-9-10-8(11)13/h6-7,12H,2-5H2,1H3,(H,10,13). The van der Waals surface area contributed by atoms with E-state index in [-0.39, 0.29) is 12.3 Å². The summed E-state index contributed by atoms with van der Waals surface area (Å²) in [6.07, 6.45) is 3.18. The van der Waals surface area contributed by atoms with Crippen LogP contribution in [0.4, 0.5) is 0 Å². The minimum atomic E-state index is -0.184. The first-order valence-corrected chi connectivity index (χ1v) is 4.48. The summed E-state index contributed by atoms with van der Waals surface area (Å²) in [6.45, 7) is 2.85. The third-order valence-electron chi connectivity index (χ3n) is 2.19. The van der Waals surface area contributed by atoms with Crippen LogP contribution in [-0.2, 0) is 6.54 Å². The first kappa shape index (κ1) is 9.98. The number of hydrogen-bond acceptors (Lipinski definition) is 3. The lowest BCUT2D eigenvalue weighted by Crippen LogP contribution is -2.21. The van der Waals surface area contributed by atoms with Crippen molar-refractivity contribution in [3.63, 3.8) is 0 Å². The number of nitrogens with one attached hydrogen (secondary N) is 1. The third-order valence-corrected chi connectivity index (χ3v) is 2.19. The predicted octanol–water partition coefficient (Wildman–Crippen LogP) is -0.0200. The molecule has 1 unspecified atom stereocenters. The fourth-order valence-corrected chi connectivity index (χ4v) is 1.29.